The van der Waals surface area contributed by atoms with E-state index in [0.29, 0.717) is 11.1 Å². The first-order valence-electron chi connectivity index (χ1n) is 8.19. The van der Waals surface area contributed by atoms with Crippen molar-refractivity contribution >= 4 is 33.5 Å². The summed E-state index contributed by atoms with van der Waals surface area (Å²) >= 11 is 1.47. The van der Waals surface area contributed by atoms with Crippen molar-refractivity contribution in [3.05, 3.63) is 78.9 Å². The minimum absolute atomic E-state index is 0.173. The number of nitrogens with zero attached hydrogens (tertiary/aromatic N) is 1. The van der Waals surface area contributed by atoms with Gasteiger partial charge in [-0.15, -0.1) is 11.3 Å². The Kier molecular flexibility index (Phi) is 5.78. The normalized spacial score (nSPS) is 10.4. The summed E-state index contributed by atoms with van der Waals surface area (Å²) in [6, 6.07) is 12.3. The van der Waals surface area contributed by atoms with Crippen LogP contribution in [0.1, 0.15) is 20.7 Å². The summed E-state index contributed by atoms with van der Waals surface area (Å²) in [5, 5.41) is 0.799. The minimum Gasteiger partial charge on any atom is -0.458 e. The van der Waals surface area contributed by atoms with Crippen molar-refractivity contribution in [1.82, 2.24) is 4.98 Å². The molecule has 6 heteroatoms. The highest BCUT2D eigenvalue weighted by Crippen LogP contribution is 2.31. The van der Waals surface area contributed by atoms with Crippen LogP contribution in [-0.4, -0.2) is 30.1 Å². The van der Waals surface area contributed by atoms with Gasteiger partial charge in [0.1, 0.15) is 18.2 Å². The molecule has 2 aromatic carbocycles. The number of aromatic nitrogens is 1. The van der Waals surface area contributed by atoms with E-state index in [9.17, 15) is 9.59 Å². The Morgan fingerprint density at radius 2 is 1.52 bits per heavy atom. The fraction of sp³-hybridized carbons (Fsp3) is 0.0952. The molecule has 0 bridgehead atoms. The lowest BCUT2D eigenvalue weighted by atomic mass is 10.1. The molecule has 27 heavy (non-hydrogen) atoms. The number of rotatable bonds is 7. The van der Waals surface area contributed by atoms with Crippen LogP contribution < -0.4 is 0 Å². The molecule has 0 radical (unpaired) electrons. The molecule has 3 aromatic rings. The summed E-state index contributed by atoms with van der Waals surface area (Å²) in [6.45, 7) is 7.39. The van der Waals surface area contributed by atoms with Gasteiger partial charge in [-0.3, -0.25) is 0 Å². The van der Waals surface area contributed by atoms with Crippen molar-refractivity contribution in [1.29, 1.82) is 0 Å². The number of ether oxygens (including phenoxy) is 2. The van der Waals surface area contributed by atoms with Gasteiger partial charge in [0.25, 0.3) is 0 Å². The van der Waals surface area contributed by atoms with E-state index in [1.165, 1.54) is 23.5 Å². The van der Waals surface area contributed by atoms with Crippen LogP contribution in [0.15, 0.2) is 67.8 Å². The van der Waals surface area contributed by atoms with Crippen molar-refractivity contribution < 1.29 is 19.1 Å². The monoisotopic (exact) mass is 379 g/mol. The number of thiazole rings is 1. The highest BCUT2D eigenvalue weighted by Gasteiger charge is 2.12. The molecule has 3 rings (SSSR count). The van der Waals surface area contributed by atoms with Crippen LogP contribution in [0.4, 0.5) is 0 Å². The van der Waals surface area contributed by atoms with E-state index in [2.05, 4.69) is 18.1 Å². The molecule has 0 aliphatic heterocycles. The Labute approximate surface area is 160 Å². The summed E-state index contributed by atoms with van der Waals surface area (Å²) in [5.41, 5.74) is 2.62. The second kappa shape index (κ2) is 8.42. The van der Waals surface area contributed by atoms with E-state index in [4.69, 9.17) is 9.47 Å². The van der Waals surface area contributed by atoms with Gasteiger partial charge in [0.15, 0.2) is 0 Å². The highest BCUT2D eigenvalue weighted by atomic mass is 32.1. The zero-order chi connectivity index (χ0) is 19.2. The Hall–Kier alpha value is -3.25. The van der Waals surface area contributed by atoms with E-state index < -0.39 is 11.9 Å². The average molecular weight is 379 g/mol. The maximum absolute atomic E-state index is 12.0. The molecule has 0 spiro atoms. The molecule has 0 fully saturated rings. The molecule has 136 valence electrons. The third-order valence-corrected chi connectivity index (χ3v) is 4.72. The number of benzene rings is 2. The number of carbonyl (C=O) groups is 2. The lowest BCUT2D eigenvalue weighted by molar-refractivity contribution is 0.0540. The van der Waals surface area contributed by atoms with Crippen LogP contribution in [0.2, 0.25) is 0 Å². The Morgan fingerprint density at radius 3 is 2.15 bits per heavy atom. The molecule has 5 nitrogen and oxygen atoms in total. The van der Waals surface area contributed by atoms with Crippen LogP contribution in [0, 0.1) is 0 Å². The highest BCUT2D eigenvalue weighted by molar-refractivity contribution is 7.21. The van der Waals surface area contributed by atoms with Gasteiger partial charge in [0.2, 0.25) is 0 Å². The van der Waals surface area contributed by atoms with Crippen LogP contribution in [0.3, 0.4) is 0 Å². The number of fused-ring (bicyclic) bond motifs is 1. The van der Waals surface area contributed by atoms with E-state index in [0.717, 1.165) is 20.8 Å². The number of hydrogen-bond acceptors (Lipinski definition) is 6. The molecule has 0 N–H and O–H groups in total. The minimum atomic E-state index is -0.395. The molecular weight excluding hydrogens is 362 g/mol. The summed E-state index contributed by atoms with van der Waals surface area (Å²) in [7, 11) is 0. The second-order valence-corrected chi connectivity index (χ2v) is 6.58. The Balaban J connectivity index is 1.82. The molecule has 0 saturated heterocycles. The third kappa shape index (κ3) is 4.30. The second-order valence-electron chi connectivity index (χ2n) is 5.55. The van der Waals surface area contributed by atoms with Gasteiger partial charge in [-0.2, -0.15) is 0 Å². The molecule has 0 saturated carbocycles. The Morgan fingerprint density at radius 1 is 0.926 bits per heavy atom. The topological polar surface area (TPSA) is 65.5 Å². The van der Waals surface area contributed by atoms with Crippen LogP contribution in [-0.2, 0) is 9.47 Å². The van der Waals surface area contributed by atoms with Crippen LogP contribution in [0.25, 0.3) is 20.8 Å². The first-order chi connectivity index (χ1) is 13.1. The first-order valence-corrected chi connectivity index (χ1v) is 9.01. The maximum Gasteiger partial charge on any atom is 0.338 e. The van der Waals surface area contributed by atoms with Gasteiger partial charge in [0.05, 0.1) is 21.3 Å². The summed E-state index contributed by atoms with van der Waals surface area (Å²) in [5.74, 6) is -0.789. The zero-order valence-electron chi connectivity index (χ0n) is 14.5. The number of hydrogen-bond donors (Lipinski definition) is 0. The van der Waals surface area contributed by atoms with Gasteiger partial charge < -0.3 is 9.47 Å². The van der Waals surface area contributed by atoms with Crippen molar-refractivity contribution in [2.45, 2.75) is 0 Å². The van der Waals surface area contributed by atoms with Crippen LogP contribution >= 0.6 is 11.3 Å². The predicted molar refractivity (Wildman–Crippen MR) is 106 cm³/mol. The molecule has 0 amide bonds. The smallest absolute Gasteiger partial charge is 0.338 e. The van der Waals surface area contributed by atoms with E-state index >= 15 is 0 Å². The molecule has 0 aliphatic carbocycles. The lowest BCUT2D eigenvalue weighted by Crippen LogP contribution is -2.04. The zero-order valence-corrected chi connectivity index (χ0v) is 15.3. The van der Waals surface area contributed by atoms with Gasteiger partial charge in [-0.1, -0.05) is 37.4 Å². The van der Waals surface area contributed by atoms with Gasteiger partial charge >= 0.3 is 11.9 Å². The Bertz CT molecular complexity index is 1000. The van der Waals surface area contributed by atoms with E-state index in [1.54, 1.807) is 30.3 Å². The quantitative estimate of drug-likeness (QED) is 0.442. The molecule has 0 aliphatic rings. The molecule has 0 unspecified atom stereocenters. The lowest BCUT2D eigenvalue weighted by Gasteiger charge is -2.02. The van der Waals surface area contributed by atoms with E-state index in [-0.39, 0.29) is 13.2 Å². The third-order valence-electron chi connectivity index (χ3n) is 3.66. The SMILES string of the molecule is C=CCOC(=O)c1ccc(-c2nc3ccc(C(=O)OCC=C)cc3s2)cc1. The van der Waals surface area contributed by atoms with Gasteiger partial charge in [-0.25, -0.2) is 14.6 Å². The van der Waals surface area contributed by atoms with Gasteiger partial charge in [0, 0.05) is 5.56 Å². The molecule has 0 atom stereocenters. The molecular formula is C21H17NO4S. The summed E-state index contributed by atoms with van der Waals surface area (Å²) in [4.78, 5) is 28.4. The largest absolute Gasteiger partial charge is 0.458 e. The van der Waals surface area contributed by atoms with Gasteiger partial charge in [-0.05, 0) is 30.3 Å². The standard InChI is InChI=1S/C21H17NO4S/c1-3-11-25-20(23)15-7-5-14(6-8-15)19-22-17-10-9-16(13-18(17)27-19)21(24)26-12-4-2/h3-10,13H,1-2,11-12H2. The number of carbonyl (C=O) groups excluding carboxylic acids is 2. The van der Waals surface area contributed by atoms with Crippen molar-refractivity contribution in [2.75, 3.05) is 13.2 Å². The van der Waals surface area contributed by atoms with E-state index in [1.807, 2.05) is 12.1 Å². The van der Waals surface area contributed by atoms with Crippen molar-refractivity contribution in [3.63, 3.8) is 0 Å². The van der Waals surface area contributed by atoms with Crippen molar-refractivity contribution in [2.24, 2.45) is 0 Å². The number of esters is 2. The first kappa shape index (κ1) is 18.5. The predicted octanol–water partition coefficient (Wildman–Crippen LogP) is 4.65. The molecule has 1 heterocycles. The fourth-order valence-corrected chi connectivity index (χ4v) is 3.37. The van der Waals surface area contributed by atoms with Crippen LogP contribution in [0.5, 0.6) is 0 Å². The fourth-order valence-electron chi connectivity index (χ4n) is 2.36. The maximum atomic E-state index is 12.0. The summed E-state index contributed by atoms with van der Waals surface area (Å²) < 4.78 is 11.0. The summed E-state index contributed by atoms with van der Waals surface area (Å²) in [6.07, 6.45) is 3.05. The average Bonchev–Trinajstić information content (AvgIpc) is 3.13. The van der Waals surface area contributed by atoms with Crippen molar-refractivity contribution in [3.8, 4) is 10.6 Å². The molecule has 1 aromatic heterocycles.